The van der Waals surface area contributed by atoms with E-state index in [-0.39, 0.29) is 29.2 Å². The molecule has 12 heteroatoms. The zero-order chi connectivity index (χ0) is 31.9. The van der Waals surface area contributed by atoms with Gasteiger partial charge in [0, 0.05) is 12.6 Å². The highest BCUT2D eigenvalue weighted by molar-refractivity contribution is 14.1. The molecular weight excluding hydrogens is 705 g/mol. The van der Waals surface area contributed by atoms with Gasteiger partial charge in [-0.15, -0.1) is 5.06 Å². The Morgan fingerprint density at radius 3 is 1.93 bits per heavy atom. The van der Waals surface area contributed by atoms with Gasteiger partial charge in [-0.1, -0.05) is 93.6 Å². The fraction of sp³-hybridized carbons (Fsp3) is 0.273. The van der Waals surface area contributed by atoms with E-state index in [0.717, 1.165) is 15.4 Å². The summed E-state index contributed by atoms with van der Waals surface area (Å²) in [4.78, 5) is 59.9. The number of fused-ring (bicyclic) bond motifs is 1. The van der Waals surface area contributed by atoms with Crippen molar-refractivity contribution in [2.24, 2.45) is 0 Å². The van der Waals surface area contributed by atoms with E-state index in [1.165, 1.54) is 10.8 Å². The van der Waals surface area contributed by atoms with Gasteiger partial charge in [0.2, 0.25) is 0 Å². The number of carbonyl (C=O) groups excluding carboxylic acids is 2. The van der Waals surface area contributed by atoms with Gasteiger partial charge in [-0.05, 0) is 50.1 Å². The summed E-state index contributed by atoms with van der Waals surface area (Å²) in [7, 11) is -3.00. The third-order valence-electron chi connectivity index (χ3n) is 8.29. The quantitative estimate of drug-likeness (QED) is 0.167. The molecule has 2 amide bonds. The Kier molecular flexibility index (Phi) is 8.52. The van der Waals surface area contributed by atoms with Gasteiger partial charge in [-0.2, -0.15) is 0 Å². The van der Waals surface area contributed by atoms with Crippen LogP contribution >= 0.6 is 22.6 Å². The predicted molar refractivity (Wildman–Crippen MR) is 178 cm³/mol. The molecule has 0 saturated carbocycles. The van der Waals surface area contributed by atoms with Crippen molar-refractivity contribution in [1.82, 2.24) is 14.6 Å². The number of nitrogens with zero attached hydrogens (tertiary/aromatic N) is 2. The van der Waals surface area contributed by atoms with Crippen LogP contribution in [0.2, 0.25) is 5.04 Å². The second kappa shape index (κ2) is 12.2. The molecule has 1 aromatic heterocycles. The molecule has 232 valence electrons. The number of aromatic amines is 1. The smallest absolute Gasteiger partial charge is 0.330 e. The molecule has 45 heavy (non-hydrogen) atoms. The number of H-pyrrole nitrogens is 1. The number of hydroxylamine groups is 2. The summed E-state index contributed by atoms with van der Waals surface area (Å²) in [6.45, 7) is 6.52. The first-order chi connectivity index (χ1) is 21.5. The molecule has 0 aliphatic carbocycles. The maximum Gasteiger partial charge on any atom is 0.330 e. The van der Waals surface area contributed by atoms with E-state index in [0.29, 0.717) is 3.57 Å². The molecule has 2 aliphatic rings. The molecule has 0 bridgehead atoms. The predicted octanol–water partition coefficient (Wildman–Crippen LogP) is 3.60. The molecule has 3 aromatic carbocycles. The molecule has 0 spiro atoms. The van der Waals surface area contributed by atoms with E-state index >= 15 is 0 Å². The van der Waals surface area contributed by atoms with Gasteiger partial charge in [0.05, 0.1) is 21.3 Å². The lowest BCUT2D eigenvalue weighted by Gasteiger charge is -2.43. The minimum Gasteiger partial charge on any atom is -0.405 e. The lowest BCUT2D eigenvalue weighted by Crippen LogP contribution is -2.67. The van der Waals surface area contributed by atoms with Crippen molar-refractivity contribution in [3.8, 4) is 0 Å². The Bertz CT molecular complexity index is 1780. The molecular formula is C33H32IN3O7Si. The second-order valence-electron chi connectivity index (χ2n) is 12.1. The largest absolute Gasteiger partial charge is 0.405 e. The first kappa shape index (κ1) is 31.3. The summed E-state index contributed by atoms with van der Waals surface area (Å²) >= 11 is 1.85. The fourth-order valence-electron chi connectivity index (χ4n) is 6.17. The molecule has 0 radical (unpaired) electrons. The van der Waals surface area contributed by atoms with Crippen LogP contribution in [0.1, 0.15) is 54.1 Å². The number of nitrogens with one attached hydrogen (secondary N) is 1. The van der Waals surface area contributed by atoms with E-state index in [1.807, 2.05) is 59.0 Å². The summed E-state index contributed by atoms with van der Waals surface area (Å²) in [5.74, 6) is -1.14. The molecule has 4 aromatic rings. The van der Waals surface area contributed by atoms with Crippen LogP contribution in [0.15, 0.2) is 101 Å². The molecule has 1 saturated heterocycles. The van der Waals surface area contributed by atoms with Crippen molar-refractivity contribution < 1.29 is 23.6 Å². The molecule has 2 aliphatic heterocycles. The maximum atomic E-state index is 13.2. The second-order valence-corrected chi connectivity index (χ2v) is 17.5. The highest BCUT2D eigenvalue weighted by Crippen LogP contribution is 2.39. The average molecular weight is 738 g/mol. The first-order valence-corrected chi connectivity index (χ1v) is 17.6. The van der Waals surface area contributed by atoms with Crippen LogP contribution in [0.5, 0.6) is 0 Å². The molecule has 1 fully saturated rings. The number of hydrogen-bond donors (Lipinski definition) is 1. The van der Waals surface area contributed by atoms with Gasteiger partial charge in [0.1, 0.15) is 18.4 Å². The van der Waals surface area contributed by atoms with Crippen LogP contribution in [-0.4, -0.2) is 53.6 Å². The highest BCUT2D eigenvalue weighted by atomic mass is 127. The van der Waals surface area contributed by atoms with E-state index in [1.54, 1.807) is 24.3 Å². The standard InChI is InChI=1S/C33H32IN3O7Si/c1-33(2,3)45(21-12-6-4-7-13-21,22-14-8-5-9-15-22)42-20-27-26(18-28(43-27)36-19-25(34)29(38)35-32(36)41)44-37-30(39)23-16-10-11-17-24(23)31(37)40/h4-17,19,26-28H,18,20H2,1-3H3,(H,35,38,41)/t26?,27-,28-/m0/s1. The van der Waals surface area contributed by atoms with E-state index in [4.69, 9.17) is 14.0 Å². The van der Waals surface area contributed by atoms with Gasteiger partial charge in [-0.25, -0.2) is 4.79 Å². The van der Waals surface area contributed by atoms with Crippen molar-refractivity contribution in [1.29, 1.82) is 0 Å². The number of carbonyl (C=O) groups is 2. The summed E-state index contributed by atoms with van der Waals surface area (Å²) in [6, 6.07) is 26.8. The molecule has 3 atom stereocenters. The minimum atomic E-state index is -3.00. The van der Waals surface area contributed by atoms with E-state index < -0.39 is 49.8 Å². The Balaban J connectivity index is 1.37. The van der Waals surface area contributed by atoms with Gasteiger partial charge in [0.25, 0.3) is 25.7 Å². The van der Waals surface area contributed by atoms with Crippen LogP contribution in [-0.2, 0) is 14.0 Å². The van der Waals surface area contributed by atoms with E-state index in [2.05, 4.69) is 50.0 Å². The number of imide groups is 1. The summed E-state index contributed by atoms with van der Waals surface area (Å²) < 4.78 is 15.2. The van der Waals surface area contributed by atoms with Crippen molar-refractivity contribution in [3.63, 3.8) is 0 Å². The Hall–Kier alpha value is -3.69. The zero-order valence-corrected chi connectivity index (χ0v) is 28.1. The average Bonchev–Trinajstić information content (AvgIpc) is 3.54. The topological polar surface area (TPSA) is 120 Å². The molecule has 3 heterocycles. The number of ether oxygens (including phenoxy) is 1. The summed E-state index contributed by atoms with van der Waals surface area (Å²) in [6.07, 6.45) is -0.929. The van der Waals surface area contributed by atoms with Crippen LogP contribution in [0, 0.1) is 3.57 Å². The van der Waals surface area contributed by atoms with Gasteiger partial charge < -0.3 is 9.16 Å². The monoisotopic (exact) mass is 737 g/mol. The number of aromatic nitrogens is 2. The van der Waals surface area contributed by atoms with Gasteiger partial charge >= 0.3 is 5.69 Å². The maximum absolute atomic E-state index is 13.2. The fourth-order valence-corrected chi connectivity index (χ4v) is 11.2. The number of amides is 2. The summed E-state index contributed by atoms with van der Waals surface area (Å²) in [5.41, 5.74) is -0.632. The Labute approximate surface area is 274 Å². The van der Waals surface area contributed by atoms with Crippen molar-refractivity contribution in [2.75, 3.05) is 6.61 Å². The lowest BCUT2D eigenvalue weighted by atomic mass is 10.1. The van der Waals surface area contributed by atoms with Gasteiger partial charge in [0.15, 0.2) is 0 Å². The Morgan fingerprint density at radius 1 is 0.867 bits per heavy atom. The Morgan fingerprint density at radius 2 is 1.40 bits per heavy atom. The van der Waals surface area contributed by atoms with Crippen molar-refractivity contribution in [2.45, 2.75) is 50.7 Å². The number of benzene rings is 3. The zero-order valence-electron chi connectivity index (χ0n) is 24.9. The molecule has 10 nitrogen and oxygen atoms in total. The third kappa shape index (κ3) is 5.65. The first-order valence-electron chi connectivity index (χ1n) is 14.6. The van der Waals surface area contributed by atoms with Crippen LogP contribution in [0.4, 0.5) is 0 Å². The molecule has 6 rings (SSSR count). The normalized spacial score (nSPS) is 20.1. The van der Waals surface area contributed by atoms with E-state index in [9.17, 15) is 19.2 Å². The minimum absolute atomic E-state index is 0.0484. The highest BCUT2D eigenvalue weighted by Gasteiger charge is 2.52. The van der Waals surface area contributed by atoms with Crippen LogP contribution in [0.25, 0.3) is 0 Å². The van der Waals surface area contributed by atoms with Crippen molar-refractivity contribution >= 4 is 53.1 Å². The molecule has 1 N–H and O–H groups in total. The lowest BCUT2D eigenvalue weighted by molar-refractivity contribution is -0.154. The third-order valence-corrected chi connectivity index (χ3v) is 14.1. The number of hydrogen-bond acceptors (Lipinski definition) is 7. The van der Waals surface area contributed by atoms with Gasteiger partial charge in [-0.3, -0.25) is 28.8 Å². The van der Waals surface area contributed by atoms with Crippen molar-refractivity contribution in [3.05, 3.63) is 127 Å². The van der Waals surface area contributed by atoms with Crippen LogP contribution in [0.3, 0.4) is 0 Å². The number of rotatable bonds is 8. The SMILES string of the molecule is CC(C)(C)[Si](OC[C@@H]1O[C@H](n2cc(I)c(=O)[nH]c2=O)CC1ON1C(=O)c2ccccc2C1=O)(c1ccccc1)c1ccccc1. The number of halogens is 1. The molecule has 1 unspecified atom stereocenters. The van der Waals surface area contributed by atoms with Crippen LogP contribution < -0.4 is 21.6 Å². The summed E-state index contributed by atoms with van der Waals surface area (Å²) in [5, 5.41) is 2.60.